The summed E-state index contributed by atoms with van der Waals surface area (Å²) in [7, 11) is -3.83. The molecule has 0 radical (unpaired) electrons. The molecule has 1 fully saturated rings. The van der Waals surface area contributed by atoms with Gasteiger partial charge in [-0.2, -0.15) is 4.31 Å². The summed E-state index contributed by atoms with van der Waals surface area (Å²) < 4.78 is 28.0. The van der Waals surface area contributed by atoms with E-state index < -0.39 is 16.1 Å². The molecule has 0 bridgehead atoms. The van der Waals surface area contributed by atoms with Crippen molar-refractivity contribution in [2.45, 2.75) is 50.0 Å². The maximum absolute atomic E-state index is 13.4. The third-order valence-electron chi connectivity index (χ3n) is 5.60. The van der Waals surface area contributed by atoms with Gasteiger partial charge in [-0.1, -0.05) is 12.1 Å². The molecule has 4 rings (SSSR count). The van der Waals surface area contributed by atoms with E-state index in [2.05, 4.69) is 10.6 Å². The van der Waals surface area contributed by atoms with Crippen LogP contribution in [0.4, 0.5) is 11.4 Å². The van der Waals surface area contributed by atoms with E-state index in [0.29, 0.717) is 50.0 Å². The van der Waals surface area contributed by atoms with E-state index in [4.69, 9.17) is 0 Å². The summed E-state index contributed by atoms with van der Waals surface area (Å²) in [5.74, 6) is -0.375. The topological polar surface area (TPSA) is 95.6 Å². The molecule has 0 aromatic heterocycles. The molecule has 8 heteroatoms. The second-order valence-corrected chi connectivity index (χ2v) is 9.74. The largest absolute Gasteiger partial charge is 0.326 e. The van der Waals surface area contributed by atoms with Crippen LogP contribution in [0.15, 0.2) is 47.4 Å². The first kappa shape index (κ1) is 20.6. The highest BCUT2D eigenvalue weighted by atomic mass is 32.2. The van der Waals surface area contributed by atoms with Crippen LogP contribution in [0, 0.1) is 6.92 Å². The summed E-state index contributed by atoms with van der Waals surface area (Å²) in [5.41, 5.74) is 3.14. The number of hydrogen-bond acceptors (Lipinski definition) is 4. The Hall–Kier alpha value is -2.71. The fraction of sp³-hybridized carbons (Fsp3) is 0.364. The van der Waals surface area contributed by atoms with Crippen molar-refractivity contribution in [3.63, 3.8) is 0 Å². The molecule has 1 saturated heterocycles. The van der Waals surface area contributed by atoms with Gasteiger partial charge in [0, 0.05) is 24.3 Å². The molecule has 2 aromatic rings. The lowest BCUT2D eigenvalue weighted by Crippen LogP contribution is -2.43. The molecular weight excluding hydrogens is 402 g/mol. The van der Waals surface area contributed by atoms with Gasteiger partial charge in [-0.15, -0.1) is 0 Å². The van der Waals surface area contributed by atoms with Gasteiger partial charge in [-0.25, -0.2) is 8.42 Å². The third-order valence-corrected chi connectivity index (χ3v) is 7.50. The number of amides is 2. The molecule has 158 valence electrons. The summed E-state index contributed by atoms with van der Waals surface area (Å²) in [6, 6.07) is 11.5. The Morgan fingerprint density at radius 2 is 1.97 bits per heavy atom. The van der Waals surface area contributed by atoms with Crippen LogP contribution in [0.2, 0.25) is 0 Å². The highest BCUT2D eigenvalue weighted by Crippen LogP contribution is 2.30. The van der Waals surface area contributed by atoms with Gasteiger partial charge in [0.05, 0.1) is 4.90 Å². The molecule has 2 amide bonds. The zero-order chi connectivity index (χ0) is 21.3. The van der Waals surface area contributed by atoms with Crippen LogP contribution in [-0.4, -0.2) is 37.1 Å². The number of hydrogen-bond donors (Lipinski definition) is 2. The van der Waals surface area contributed by atoms with Crippen LogP contribution in [0.1, 0.15) is 36.8 Å². The maximum atomic E-state index is 13.4. The van der Waals surface area contributed by atoms with Crippen molar-refractivity contribution in [1.82, 2.24) is 4.31 Å². The molecule has 0 saturated carbocycles. The van der Waals surface area contributed by atoms with Crippen molar-refractivity contribution in [2.75, 3.05) is 17.2 Å². The average Bonchev–Trinajstić information content (AvgIpc) is 3.12. The number of sulfonamides is 1. The van der Waals surface area contributed by atoms with Gasteiger partial charge in [-0.05, 0) is 74.1 Å². The lowest BCUT2D eigenvalue weighted by atomic mass is 10.1. The Bertz CT molecular complexity index is 1100. The summed E-state index contributed by atoms with van der Waals surface area (Å²) in [4.78, 5) is 24.8. The molecule has 0 aliphatic carbocycles. The number of anilines is 2. The van der Waals surface area contributed by atoms with Gasteiger partial charge < -0.3 is 10.6 Å². The Kier molecular flexibility index (Phi) is 5.62. The summed E-state index contributed by atoms with van der Waals surface area (Å²) >= 11 is 0. The van der Waals surface area contributed by atoms with E-state index in [1.54, 1.807) is 18.2 Å². The molecular formula is C22H25N3O4S. The standard InChI is InChI=1S/C22H25N3O4S/c1-15-5-2-7-17(13-15)23-22(27)20-8-4-12-25(20)30(28,29)18-10-11-19-16(14-18)6-3-9-21(26)24-19/h2,5,7,10-11,13-14,20H,3-4,6,8-9,12H2,1H3,(H,23,27)(H,24,26)/t20-/m1/s1. The zero-order valence-corrected chi connectivity index (χ0v) is 17.7. The number of fused-ring (bicyclic) bond motifs is 1. The van der Waals surface area contributed by atoms with Gasteiger partial charge in [0.2, 0.25) is 21.8 Å². The van der Waals surface area contributed by atoms with E-state index in [9.17, 15) is 18.0 Å². The van der Waals surface area contributed by atoms with E-state index in [-0.39, 0.29) is 16.7 Å². The van der Waals surface area contributed by atoms with Gasteiger partial charge in [0.25, 0.3) is 0 Å². The molecule has 2 aliphatic heterocycles. The van der Waals surface area contributed by atoms with Crippen LogP contribution >= 0.6 is 0 Å². The Morgan fingerprint density at radius 3 is 2.77 bits per heavy atom. The van der Waals surface area contributed by atoms with Gasteiger partial charge in [0.1, 0.15) is 6.04 Å². The lowest BCUT2D eigenvalue weighted by Gasteiger charge is -2.24. The van der Waals surface area contributed by atoms with Gasteiger partial charge in [-0.3, -0.25) is 9.59 Å². The van der Waals surface area contributed by atoms with Crippen molar-refractivity contribution in [3.8, 4) is 0 Å². The molecule has 0 unspecified atom stereocenters. The first-order valence-corrected chi connectivity index (χ1v) is 11.6. The Balaban J connectivity index is 1.58. The highest BCUT2D eigenvalue weighted by Gasteiger charge is 2.39. The highest BCUT2D eigenvalue weighted by molar-refractivity contribution is 7.89. The predicted molar refractivity (Wildman–Crippen MR) is 115 cm³/mol. The summed E-state index contributed by atoms with van der Waals surface area (Å²) in [5, 5.41) is 5.67. The number of carbonyl (C=O) groups is 2. The summed E-state index contributed by atoms with van der Waals surface area (Å²) in [6.07, 6.45) is 2.84. The molecule has 0 spiro atoms. The SMILES string of the molecule is Cc1cccc(NC(=O)[C@H]2CCCN2S(=O)(=O)c2ccc3c(c2)CCCC(=O)N3)c1. The molecule has 1 atom stereocenters. The maximum Gasteiger partial charge on any atom is 0.243 e. The molecule has 7 nitrogen and oxygen atoms in total. The van der Waals surface area contributed by atoms with Crippen LogP contribution < -0.4 is 10.6 Å². The van der Waals surface area contributed by atoms with Crippen molar-refractivity contribution in [3.05, 3.63) is 53.6 Å². The fourth-order valence-electron chi connectivity index (χ4n) is 4.09. The number of aryl methyl sites for hydroxylation is 2. The van der Waals surface area contributed by atoms with Crippen LogP contribution in [0.5, 0.6) is 0 Å². The van der Waals surface area contributed by atoms with Crippen LogP contribution in [-0.2, 0) is 26.0 Å². The van der Waals surface area contributed by atoms with Crippen LogP contribution in [0.25, 0.3) is 0 Å². The molecule has 30 heavy (non-hydrogen) atoms. The van der Waals surface area contributed by atoms with E-state index in [1.807, 2.05) is 25.1 Å². The quantitative estimate of drug-likeness (QED) is 0.784. The number of benzene rings is 2. The second kappa shape index (κ2) is 8.20. The zero-order valence-electron chi connectivity index (χ0n) is 16.8. The first-order valence-electron chi connectivity index (χ1n) is 10.2. The number of rotatable bonds is 4. The molecule has 2 N–H and O–H groups in total. The lowest BCUT2D eigenvalue weighted by molar-refractivity contribution is -0.119. The van der Waals surface area contributed by atoms with E-state index in [1.165, 1.54) is 10.4 Å². The van der Waals surface area contributed by atoms with E-state index >= 15 is 0 Å². The van der Waals surface area contributed by atoms with Crippen molar-refractivity contribution in [2.24, 2.45) is 0 Å². The normalized spacial score (nSPS) is 19.6. The minimum Gasteiger partial charge on any atom is -0.326 e. The number of carbonyl (C=O) groups excluding carboxylic acids is 2. The minimum absolute atomic E-state index is 0.0585. The average molecular weight is 428 g/mol. The predicted octanol–water partition coefficient (Wildman–Crippen LogP) is 3.06. The van der Waals surface area contributed by atoms with Crippen LogP contribution in [0.3, 0.4) is 0 Å². The molecule has 2 aromatic carbocycles. The molecule has 2 heterocycles. The molecule has 2 aliphatic rings. The number of nitrogens with one attached hydrogen (secondary N) is 2. The van der Waals surface area contributed by atoms with Gasteiger partial charge in [0.15, 0.2) is 0 Å². The monoisotopic (exact) mass is 427 g/mol. The second-order valence-electron chi connectivity index (χ2n) is 7.85. The van der Waals surface area contributed by atoms with E-state index in [0.717, 1.165) is 11.1 Å². The van der Waals surface area contributed by atoms with Gasteiger partial charge >= 0.3 is 0 Å². The van der Waals surface area contributed by atoms with Crippen molar-refractivity contribution < 1.29 is 18.0 Å². The van der Waals surface area contributed by atoms with Crippen molar-refractivity contribution in [1.29, 1.82) is 0 Å². The summed E-state index contributed by atoms with van der Waals surface area (Å²) in [6.45, 7) is 2.24. The smallest absolute Gasteiger partial charge is 0.243 e. The first-order chi connectivity index (χ1) is 14.3. The third kappa shape index (κ3) is 4.11. The minimum atomic E-state index is -3.83. The Morgan fingerprint density at radius 1 is 1.13 bits per heavy atom. The number of nitrogens with zero attached hydrogens (tertiary/aromatic N) is 1. The van der Waals surface area contributed by atoms with Crippen molar-refractivity contribution >= 4 is 33.2 Å². The Labute approximate surface area is 176 Å². The fourth-order valence-corrected chi connectivity index (χ4v) is 5.79.